The summed E-state index contributed by atoms with van der Waals surface area (Å²) in [5.41, 5.74) is 2.46. The van der Waals surface area contributed by atoms with Crippen molar-refractivity contribution in [3.05, 3.63) is 42.1 Å². The number of aromatic nitrogens is 1. The van der Waals surface area contributed by atoms with Crippen LogP contribution < -0.4 is 5.32 Å². The number of hydrogen-bond acceptors (Lipinski definition) is 3. The van der Waals surface area contributed by atoms with Crippen LogP contribution in [-0.2, 0) is 6.54 Å². The van der Waals surface area contributed by atoms with Crippen LogP contribution in [0.25, 0.3) is 10.9 Å². The Hall–Kier alpha value is -1.45. The highest BCUT2D eigenvalue weighted by Crippen LogP contribution is 2.17. The molecule has 0 saturated heterocycles. The third-order valence-corrected chi connectivity index (χ3v) is 3.35. The molecule has 0 fully saturated rings. The molecular formula is C16H23N3. The van der Waals surface area contributed by atoms with Crippen LogP contribution >= 0.6 is 0 Å². The van der Waals surface area contributed by atoms with Gasteiger partial charge in [-0.3, -0.25) is 9.88 Å². The fourth-order valence-electron chi connectivity index (χ4n) is 2.39. The maximum atomic E-state index is 4.43. The zero-order valence-corrected chi connectivity index (χ0v) is 11.9. The van der Waals surface area contributed by atoms with Gasteiger partial charge in [-0.1, -0.05) is 25.1 Å². The van der Waals surface area contributed by atoms with Gasteiger partial charge < -0.3 is 5.32 Å². The lowest BCUT2D eigenvalue weighted by atomic mass is 10.1. The number of hydrogen-bond donors (Lipinski definition) is 1. The van der Waals surface area contributed by atoms with E-state index >= 15 is 0 Å². The topological polar surface area (TPSA) is 28.2 Å². The Bertz CT molecular complexity index is 505. The smallest absolute Gasteiger partial charge is 0.0705 e. The maximum Gasteiger partial charge on any atom is 0.0705 e. The Kier molecular flexibility index (Phi) is 5.31. The van der Waals surface area contributed by atoms with Crippen LogP contribution in [0.2, 0.25) is 0 Å². The van der Waals surface area contributed by atoms with E-state index in [-0.39, 0.29) is 0 Å². The van der Waals surface area contributed by atoms with E-state index in [0.29, 0.717) is 0 Å². The van der Waals surface area contributed by atoms with Gasteiger partial charge in [0.05, 0.1) is 5.52 Å². The number of fused-ring (bicyclic) bond motifs is 1. The van der Waals surface area contributed by atoms with Gasteiger partial charge >= 0.3 is 0 Å². The van der Waals surface area contributed by atoms with Gasteiger partial charge in [-0.2, -0.15) is 0 Å². The lowest BCUT2D eigenvalue weighted by molar-refractivity contribution is 0.268. The molecule has 1 aromatic heterocycles. The first-order valence-corrected chi connectivity index (χ1v) is 7.04. The molecule has 0 aliphatic carbocycles. The third-order valence-electron chi connectivity index (χ3n) is 3.35. The summed E-state index contributed by atoms with van der Waals surface area (Å²) in [7, 11) is 2.01. The predicted octanol–water partition coefficient (Wildman–Crippen LogP) is 2.67. The lowest BCUT2D eigenvalue weighted by Crippen LogP contribution is -2.31. The van der Waals surface area contributed by atoms with Gasteiger partial charge in [0.1, 0.15) is 0 Å². The first kappa shape index (κ1) is 14.0. The lowest BCUT2D eigenvalue weighted by Gasteiger charge is -2.22. The number of pyridine rings is 1. The number of benzene rings is 1. The molecule has 0 radical (unpaired) electrons. The molecule has 0 aliphatic heterocycles. The quantitative estimate of drug-likeness (QED) is 0.826. The summed E-state index contributed by atoms with van der Waals surface area (Å²) in [4.78, 5) is 6.92. The highest BCUT2D eigenvalue weighted by Gasteiger charge is 2.07. The molecule has 2 rings (SSSR count). The van der Waals surface area contributed by atoms with Crippen LogP contribution in [0.5, 0.6) is 0 Å². The number of likely N-dealkylation sites (N-methyl/N-ethyl adjacent to an activating group) is 1. The van der Waals surface area contributed by atoms with Crippen LogP contribution in [-0.4, -0.2) is 36.6 Å². The molecule has 3 heteroatoms. The Morgan fingerprint density at radius 1 is 1.16 bits per heavy atom. The second kappa shape index (κ2) is 7.22. The van der Waals surface area contributed by atoms with Crippen molar-refractivity contribution < 1.29 is 0 Å². The van der Waals surface area contributed by atoms with Crippen LogP contribution in [0.4, 0.5) is 0 Å². The Balaban J connectivity index is 2.18. The average Bonchev–Trinajstić information content (AvgIpc) is 2.45. The van der Waals surface area contributed by atoms with Gasteiger partial charge in [0.25, 0.3) is 0 Å². The van der Waals surface area contributed by atoms with Crippen LogP contribution in [0.1, 0.15) is 18.9 Å². The van der Waals surface area contributed by atoms with Gasteiger partial charge in [-0.25, -0.2) is 0 Å². The molecular weight excluding hydrogens is 234 g/mol. The fourth-order valence-corrected chi connectivity index (χ4v) is 2.39. The normalized spacial score (nSPS) is 11.3. The summed E-state index contributed by atoms with van der Waals surface area (Å²) in [5.74, 6) is 0. The highest BCUT2D eigenvalue weighted by atomic mass is 15.1. The van der Waals surface area contributed by atoms with E-state index < -0.39 is 0 Å². The standard InChI is InChI=1S/C16H23N3/c1-3-11-19(12-10-17-2)13-14-8-9-18-16-7-5-4-6-15(14)16/h4-9,17H,3,10-13H2,1-2H3. The fraction of sp³-hybridized carbons (Fsp3) is 0.438. The molecule has 3 nitrogen and oxygen atoms in total. The summed E-state index contributed by atoms with van der Waals surface area (Å²) in [6.07, 6.45) is 3.10. The maximum absolute atomic E-state index is 4.43. The van der Waals surface area contributed by atoms with Gasteiger partial charge in [0.2, 0.25) is 0 Å². The molecule has 0 amide bonds. The van der Waals surface area contributed by atoms with Crippen molar-refractivity contribution in [2.75, 3.05) is 26.7 Å². The average molecular weight is 257 g/mol. The third kappa shape index (κ3) is 3.75. The summed E-state index contributed by atoms with van der Waals surface area (Å²) in [6.45, 7) is 6.48. The van der Waals surface area contributed by atoms with Crippen molar-refractivity contribution >= 4 is 10.9 Å². The highest BCUT2D eigenvalue weighted by molar-refractivity contribution is 5.81. The second-order valence-corrected chi connectivity index (χ2v) is 4.87. The van der Waals surface area contributed by atoms with Crippen LogP contribution in [0.3, 0.4) is 0 Å². The SMILES string of the molecule is CCCN(CCNC)Cc1ccnc2ccccc12. The van der Waals surface area contributed by atoms with Gasteiger partial charge in [-0.05, 0) is 37.7 Å². The van der Waals surface area contributed by atoms with Gasteiger partial charge in [0, 0.05) is 31.2 Å². The molecule has 0 saturated carbocycles. The van der Waals surface area contributed by atoms with Crippen LogP contribution in [0, 0.1) is 0 Å². The number of nitrogens with one attached hydrogen (secondary N) is 1. The van der Waals surface area contributed by atoms with Crippen molar-refractivity contribution in [2.45, 2.75) is 19.9 Å². The molecule has 0 bridgehead atoms. The summed E-state index contributed by atoms with van der Waals surface area (Å²) < 4.78 is 0. The molecule has 0 unspecified atom stereocenters. The van der Waals surface area contributed by atoms with E-state index in [4.69, 9.17) is 0 Å². The van der Waals surface area contributed by atoms with Crippen molar-refractivity contribution in [2.24, 2.45) is 0 Å². The molecule has 0 aliphatic rings. The van der Waals surface area contributed by atoms with E-state index in [2.05, 4.69) is 46.4 Å². The van der Waals surface area contributed by atoms with E-state index in [9.17, 15) is 0 Å². The molecule has 0 atom stereocenters. The van der Waals surface area contributed by atoms with Gasteiger partial charge in [0.15, 0.2) is 0 Å². The molecule has 1 N–H and O–H groups in total. The van der Waals surface area contributed by atoms with Gasteiger partial charge in [-0.15, -0.1) is 0 Å². The molecule has 102 valence electrons. The monoisotopic (exact) mass is 257 g/mol. The zero-order valence-electron chi connectivity index (χ0n) is 11.9. The number of para-hydroxylation sites is 1. The minimum absolute atomic E-state index is 0.999. The van der Waals surface area contributed by atoms with Crippen molar-refractivity contribution in [3.63, 3.8) is 0 Å². The molecule has 2 aromatic rings. The minimum Gasteiger partial charge on any atom is -0.318 e. The van der Waals surface area contributed by atoms with E-state index in [1.54, 1.807) is 0 Å². The van der Waals surface area contributed by atoms with E-state index in [0.717, 1.165) is 31.7 Å². The molecule has 19 heavy (non-hydrogen) atoms. The molecule has 1 heterocycles. The summed E-state index contributed by atoms with van der Waals surface area (Å²) in [5, 5.41) is 4.50. The largest absolute Gasteiger partial charge is 0.318 e. The first-order valence-electron chi connectivity index (χ1n) is 7.04. The van der Waals surface area contributed by atoms with Crippen molar-refractivity contribution in [1.82, 2.24) is 15.2 Å². The van der Waals surface area contributed by atoms with E-state index in [1.807, 2.05) is 19.3 Å². The zero-order chi connectivity index (χ0) is 13.5. The van der Waals surface area contributed by atoms with Crippen molar-refractivity contribution in [1.29, 1.82) is 0 Å². The molecule has 1 aromatic carbocycles. The van der Waals surface area contributed by atoms with Crippen molar-refractivity contribution in [3.8, 4) is 0 Å². The Morgan fingerprint density at radius 3 is 2.79 bits per heavy atom. The number of nitrogens with zero attached hydrogens (tertiary/aromatic N) is 2. The summed E-state index contributed by atoms with van der Waals surface area (Å²) >= 11 is 0. The summed E-state index contributed by atoms with van der Waals surface area (Å²) in [6, 6.07) is 10.5. The second-order valence-electron chi connectivity index (χ2n) is 4.87. The molecule has 0 spiro atoms. The minimum atomic E-state index is 0.999. The Morgan fingerprint density at radius 2 is 2.00 bits per heavy atom. The van der Waals surface area contributed by atoms with Crippen LogP contribution in [0.15, 0.2) is 36.5 Å². The Labute approximate surface area is 115 Å². The van der Waals surface area contributed by atoms with E-state index in [1.165, 1.54) is 17.4 Å². The number of rotatable bonds is 7. The predicted molar refractivity (Wildman–Crippen MR) is 81.2 cm³/mol. The first-order chi connectivity index (χ1) is 9.35.